The predicted molar refractivity (Wildman–Crippen MR) is 57.2 cm³/mol. The summed E-state index contributed by atoms with van der Waals surface area (Å²) >= 11 is 0. The van der Waals surface area contributed by atoms with E-state index in [0.29, 0.717) is 18.1 Å². The molecule has 3 unspecified atom stereocenters. The van der Waals surface area contributed by atoms with E-state index in [1.165, 1.54) is 0 Å². The molecule has 0 aromatic rings. The third-order valence-electron chi connectivity index (χ3n) is 3.39. The fourth-order valence-electron chi connectivity index (χ4n) is 2.44. The zero-order chi connectivity index (χ0) is 14.3. The molecule has 110 valence electrons. The molecule has 0 radical (unpaired) electrons. The van der Waals surface area contributed by atoms with Crippen LogP contribution in [0.25, 0.3) is 0 Å². The lowest BCUT2D eigenvalue weighted by Gasteiger charge is -2.23. The van der Waals surface area contributed by atoms with Crippen molar-refractivity contribution < 1.29 is 38.5 Å². The minimum Gasteiger partial charge on any atom is -0.374 e. The molecule has 0 saturated carbocycles. The number of hydrogen-bond donors (Lipinski definition) is 1. The van der Waals surface area contributed by atoms with Crippen LogP contribution in [-0.2, 0) is 28.6 Å². The third-order valence-corrected chi connectivity index (χ3v) is 3.39. The van der Waals surface area contributed by atoms with Crippen molar-refractivity contribution in [3.63, 3.8) is 0 Å². The number of hydrogen-bond acceptors (Lipinski definition) is 8. The maximum Gasteiger partial charge on any atom is 0.538 e. The Morgan fingerprint density at radius 2 is 2.05 bits per heavy atom. The Hall–Kier alpha value is -1.71. The van der Waals surface area contributed by atoms with E-state index in [4.69, 9.17) is 9.47 Å². The van der Waals surface area contributed by atoms with Crippen molar-refractivity contribution >= 4 is 18.0 Å². The van der Waals surface area contributed by atoms with Gasteiger partial charge in [-0.15, -0.1) is 0 Å². The van der Waals surface area contributed by atoms with Crippen LogP contribution in [0, 0.1) is 5.92 Å². The van der Waals surface area contributed by atoms with E-state index in [0.717, 1.165) is 0 Å². The Bertz CT molecular complexity index is 435. The van der Waals surface area contributed by atoms with Gasteiger partial charge in [-0.1, -0.05) is 5.06 Å². The highest BCUT2D eigenvalue weighted by Crippen LogP contribution is 2.40. The van der Waals surface area contributed by atoms with Gasteiger partial charge in [0, 0.05) is 25.2 Å². The monoisotopic (exact) mass is 287 g/mol. The molecule has 3 fully saturated rings. The molecular formula is C11H13NO8. The summed E-state index contributed by atoms with van der Waals surface area (Å²) < 4.78 is 14.9. The maximum absolute atomic E-state index is 11.5. The van der Waals surface area contributed by atoms with Crippen LogP contribution in [0.5, 0.6) is 0 Å². The second kappa shape index (κ2) is 4.69. The van der Waals surface area contributed by atoms with E-state index in [1.54, 1.807) is 0 Å². The van der Waals surface area contributed by atoms with Crippen molar-refractivity contribution in [3.8, 4) is 0 Å². The van der Waals surface area contributed by atoms with Gasteiger partial charge in [-0.05, 0) is 6.42 Å². The van der Waals surface area contributed by atoms with Gasteiger partial charge in [0.05, 0.1) is 6.61 Å². The van der Waals surface area contributed by atoms with E-state index in [9.17, 15) is 19.5 Å². The number of fused-ring (bicyclic) bond motifs is 1. The lowest BCUT2D eigenvalue weighted by atomic mass is 10.1. The first kappa shape index (κ1) is 13.3. The summed E-state index contributed by atoms with van der Waals surface area (Å²) in [5.41, 5.74) is 0. The largest absolute Gasteiger partial charge is 0.538 e. The van der Waals surface area contributed by atoms with Gasteiger partial charge < -0.3 is 14.6 Å². The summed E-state index contributed by atoms with van der Waals surface area (Å²) in [6.45, 7) is 0.520. The molecule has 9 heteroatoms. The van der Waals surface area contributed by atoms with Gasteiger partial charge in [-0.25, -0.2) is 4.79 Å². The average molecular weight is 287 g/mol. The van der Waals surface area contributed by atoms with Crippen LogP contribution in [0.2, 0.25) is 0 Å². The first-order chi connectivity index (χ1) is 9.47. The Kier molecular flexibility index (Phi) is 3.11. The number of aliphatic hydroxyl groups is 1. The van der Waals surface area contributed by atoms with E-state index < -0.39 is 30.2 Å². The molecule has 3 saturated heterocycles. The molecule has 0 aromatic heterocycles. The van der Waals surface area contributed by atoms with Crippen molar-refractivity contribution in [2.45, 2.75) is 37.9 Å². The molecule has 2 amide bonds. The summed E-state index contributed by atoms with van der Waals surface area (Å²) in [7, 11) is 0. The minimum absolute atomic E-state index is 0.0229. The molecule has 3 heterocycles. The molecule has 3 aliphatic heterocycles. The average Bonchev–Trinajstić information content (AvgIpc) is 2.98. The number of imide groups is 1. The predicted octanol–water partition coefficient (Wildman–Crippen LogP) is -0.367. The minimum atomic E-state index is -2.15. The van der Waals surface area contributed by atoms with Crippen molar-refractivity contribution in [2.75, 3.05) is 6.61 Å². The normalized spacial score (nSPS) is 36.4. The Balaban J connectivity index is 1.56. The van der Waals surface area contributed by atoms with Crippen LogP contribution in [0.4, 0.5) is 4.79 Å². The first-order valence-corrected chi connectivity index (χ1v) is 6.25. The second-order valence-electron chi connectivity index (χ2n) is 4.85. The molecule has 0 bridgehead atoms. The zero-order valence-corrected chi connectivity index (χ0v) is 10.4. The molecule has 0 aromatic carbocycles. The summed E-state index contributed by atoms with van der Waals surface area (Å²) in [4.78, 5) is 38.5. The molecule has 20 heavy (non-hydrogen) atoms. The van der Waals surface area contributed by atoms with Gasteiger partial charge in [-0.3, -0.25) is 19.2 Å². The van der Waals surface area contributed by atoms with Gasteiger partial charge >= 0.3 is 12.1 Å². The van der Waals surface area contributed by atoms with Crippen LogP contribution in [0.3, 0.4) is 0 Å². The highest BCUT2D eigenvalue weighted by Gasteiger charge is 2.52. The highest BCUT2D eigenvalue weighted by atomic mass is 16.9. The summed E-state index contributed by atoms with van der Waals surface area (Å²) in [5.74, 6) is -3.49. The Morgan fingerprint density at radius 1 is 1.35 bits per heavy atom. The molecule has 3 aliphatic rings. The smallest absolute Gasteiger partial charge is 0.374 e. The number of carbonyl (C=O) groups excluding carboxylic acids is 3. The lowest BCUT2D eigenvalue weighted by molar-refractivity contribution is -0.355. The second-order valence-corrected chi connectivity index (χ2v) is 4.85. The Labute approximate surface area is 113 Å². The molecule has 0 aliphatic carbocycles. The SMILES string of the molecule is O=C(ON1C(=O)CCC1=O)OC1(O)CC2CCOC2O1. The molecule has 0 spiro atoms. The quantitative estimate of drug-likeness (QED) is 0.416. The number of rotatable bonds is 2. The number of nitrogens with zero attached hydrogens (tertiary/aromatic N) is 1. The van der Waals surface area contributed by atoms with Crippen molar-refractivity contribution in [3.05, 3.63) is 0 Å². The number of amides is 2. The van der Waals surface area contributed by atoms with Gasteiger partial charge in [0.1, 0.15) is 0 Å². The number of carbonyl (C=O) groups is 3. The summed E-state index contributed by atoms with van der Waals surface area (Å²) in [5, 5.41) is 10.3. The van der Waals surface area contributed by atoms with Gasteiger partial charge in [0.15, 0.2) is 6.29 Å². The van der Waals surface area contributed by atoms with Gasteiger partial charge in [0.2, 0.25) is 0 Å². The highest BCUT2D eigenvalue weighted by molar-refractivity contribution is 6.01. The molecule has 3 atom stereocenters. The number of ether oxygens (including phenoxy) is 3. The fourth-order valence-corrected chi connectivity index (χ4v) is 2.44. The van der Waals surface area contributed by atoms with Crippen LogP contribution < -0.4 is 0 Å². The van der Waals surface area contributed by atoms with Crippen LogP contribution in [0.15, 0.2) is 0 Å². The first-order valence-electron chi connectivity index (χ1n) is 6.25. The zero-order valence-electron chi connectivity index (χ0n) is 10.4. The van der Waals surface area contributed by atoms with Crippen LogP contribution in [-0.4, -0.2) is 47.0 Å². The van der Waals surface area contributed by atoms with Crippen molar-refractivity contribution in [1.82, 2.24) is 5.06 Å². The van der Waals surface area contributed by atoms with E-state index >= 15 is 0 Å². The molecule has 1 N–H and O–H groups in total. The van der Waals surface area contributed by atoms with Gasteiger partial charge in [-0.2, -0.15) is 0 Å². The van der Waals surface area contributed by atoms with Crippen molar-refractivity contribution in [2.24, 2.45) is 5.92 Å². The number of hydroxylamine groups is 2. The van der Waals surface area contributed by atoms with Crippen LogP contribution in [0.1, 0.15) is 25.7 Å². The summed E-state index contributed by atoms with van der Waals surface area (Å²) in [6.07, 6.45) is -1.31. The maximum atomic E-state index is 11.5. The van der Waals surface area contributed by atoms with Crippen LogP contribution >= 0.6 is 0 Å². The standard InChI is InChI=1S/C11H13NO8/c13-7-1-2-8(14)12(7)20-10(15)19-11(16)5-6-3-4-17-9(6)18-11/h6,9,16H,1-5H2. The van der Waals surface area contributed by atoms with E-state index in [2.05, 4.69) is 9.57 Å². The molecule has 9 nitrogen and oxygen atoms in total. The van der Waals surface area contributed by atoms with Gasteiger partial charge in [0.25, 0.3) is 11.8 Å². The molecule has 3 rings (SSSR count). The van der Waals surface area contributed by atoms with E-state index in [-0.39, 0.29) is 25.2 Å². The van der Waals surface area contributed by atoms with Crippen molar-refractivity contribution in [1.29, 1.82) is 0 Å². The fraction of sp³-hybridized carbons (Fsp3) is 0.727. The molecular weight excluding hydrogens is 274 g/mol. The topological polar surface area (TPSA) is 112 Å². The summed E-state index contributed by atoms with van der Waals surface area (Å²) in [6, 6.07) is 0. The Morgan fingerprint density at radius 3 is 2.70 bits per heavy atom. The lowest BCUT2D eigenvalue weighted by Crippen LogP contribution is -2.39. The third kappa shape index (κ3) is 2.35. The van der Waals surface area contributed by atoms with E-state index in [1.807, 2.05) is 0 Å².